The van der Waals surface area contributed by atoms with E-state index in [9.17, 15) is 23.1 Å². The molecule has 0 radical (unpaired) electrons. The van der Waals surface area contributed by atoms with E-state index in [1.54, 1.807) is 37.3 Å². The number of hydrogen-bond donors (Lipinski definition) is 2. The van der Waals surface area contributed by atoms with Crippen LogP contribution in [0.15, 0.2) is 48.5 Å². The third kappa shape index (κ3) is 5.99. The van der Waals surface area contributed by atoms with Crippen molar-refractivity contribution in [2.24, 2.45) is 11.3 Å². The van der Waals surface area contributed by atoms with Gasteiger partial charge in [0.2, 0.25) is 5.91 Å². The molecule has 2 aromatic carbocycles. The molecule has 0 aromatic heterocycles. The highest BCUT2D eigenvalue weighted by Gasteiger charge is 2.48. The van der Waals surface area contributed by atoms with Gasteiger partial charge in [-0.15, -0.1) is 0 Å². The fourth-order valence-corrected chi connectivity index (χ4v) is 8.66. The van der Waals surface area contributed by atoms with Crippen LogP contribution in [0, 0.1) is 11.3 Å². The van der Waals surface area contributed by atoms with Gasteiger partial charge < -0.3 is 10.4 Å². The molecule has 1 heterocycles. The Hall–Kier alpha value is -2.09. The van der Waals surface area contributed by atoms with E-state index in [2.05, 4.69) is 5.32 Å². The molecule has 0 spiro atoms. The molecule has 0 bridgehead atoms. The molecule has 1 unspecified atom stereocenters. The highest BCUT2D eigenvalue weighted by Crippen LogP contribution is 2.46. The van der Waals surface area contributed by atoms with E-state index < -0.39 is 26.5 Å². The molecule has 5 atom stereocenters. The van der Waals surface area contributed by atoms with Crippen LogP contribution in [-0.4, -0.2) is 36.7 Å². The van der Waals surface area contributed by atoms with Crippen LogP contribution >= 0.6 is 23.2 Å². The molecule has 1 aliphatic heterocycles. The number of benzene rings is 2. The largest absolute Gasteiger partial charge is 0.481 e. The molecule has 1 amide bonds. The monoisotopic (exact) mass is 565 g/mol. The van der Waals surface area contributed by atoms with E-state index in [4.69, 9.17) is 23.2 Å². The molecule has 1 aliphatic carbocycles. The van der Waals surface area contributed by atoms with E-state index in [-0.39, 0.29) is 35.5 Å². The maximum atomic E-state index is 13.7. The summed E-state index contributed by atoms with van der Waals surface area (Å²) in [5.41, 5.74) is 0.494. The van der Waals surface area contributed by atoms with Crippen molar-refractivity contribution in [3.05, 3.63) is 69.7 Å². The first-order valence-corrected chi connectivity index (χ1v) is 15.0. The zero-order valence-electron chi connectivity index (χ0n) is 21.0. The summed E-state index contributed by atoms with van der Waals surface area (Å²) in [6.45, 7) is 3.63. The van der Waals surface area contributed by atoms with Gasteiger partial charge in [0.1, 0.15) is 0 Å². The van der Waals surface area contributed by atoms with Crippen LogP contribution < -0.4 is 5.32 Å². The lowest BCUT2D eigenvalue weighted by Crippen LogP contribution is -2.56. The first kappa shape index (κ1) is 27.9. The highest BCUT2D eigenvalue weighted by molar-refractivity contribution is 7.92. The van der Waals surface area contributed by atoms with Gasteiger partial charge in [-0.25, -0.2) is 8.42 Å². The summed E-state index contributed by atoms with van der Waals surface area (Å²) in [6, 6.07) is 13.9. The number of carbonyl (C=O) groups is 2. The predicted octanol–water partition coefficient (Wildman–Crippen LogP) is 6.18. The Kier molecular flexibility index (Phi) is 8.27. The van der Waals surface area contributed by atoms with E-state index in [0.717, 1.165) is 12.0 Å². The average Bonchev–Trinajstić information content (AvgIpc) is 2.77. The Labute approximate surface area is 228 Å². The molecule has 6 nitrogen and oxygen atoms in total. The summed E-state index contributed by atoms with van der Waals surface area (Å²) in [6.07, 6.45) is 2.59. The first-order valence-electron chi connectivity index (χ1n) is 12.7. The molecule has 1 saturated carbocycles. The molecule has 37 heavy (non-hydrogen) atoms. The lowest BCUT2D eigenvalue weighted by Gasteiger charge is -2.45. The minimum absolute atomic E-state index is 0.224. The summed E-state index contributed by atoms with van der Waals surface area (Å²) >= 11 is 12.4. The second kappa shape index (κ2) is 11.0. The van der Waals surface area contributed by atoms with E-state index >= 15 is 0 Å². The van der Waals surface area contributed by atoms with E-state index in [0.29, 0.717) is 41.3 Å². The first-order chi connectivity index (χ1) is 17.4. The Balaban J connectivity index is 1.69. The number of aliphatic carboxylic acids is 1. The van der Waals surface area contributed by atoms with Crippen molar-refractivity contribution in [2.45, 2.75) is 74.8 Å². The number of halogens is 2. The zero-order valence-corrected chi connectivity index (χ0v) is 23.3. The third-order valence-electron chi connectivity index (χ3n) is 8.12. The van der Waals surface area contributed by atoms with Crippen LogP contribution in [0.25, 0.3) is 0 Å². The number of carboxylic acids is 1. The Bertz CT molecular complexity index is 1260. The van der Waals surface area contributed by atoms with Gasteiger partial charge in [0.05, 0.1) is 22.3 Å². The van der Waals surface area contributed by atoms with Gasteiger partial charge in [-0.05, 0) is 67.0 Å². The van der Waals surface area contributed by atoms with Crippen LogP contribution in [0.4, 0.5) is 0 Å². The molecule has 2 fully saturated rings. The summed E-state index contributed by atoms with van der Waals surface area (Å²) in [5.74, 6) is -1.82. The second-order valence-electron chi connectivity index (χ2n) is 10.9. The van der Waals surface area contributed by atoms with E-state index in [1.165, 1.54) is 0 Å². The minimum Gasteiger partial charge on any atom is -0.481 e. The zero-order chi connectivity index (χ0) is 27.0. The van der Waals surface area contributed by atoms with Crippen LogP contribution in [0.1, 0.15) is 74.7 Å². The third-order valence-corrected chi connectivity index (χ3v) is 11.3. The quantitative estimate of drug-likeness (QED) is 0.378. The molecular formula is C28H33Cl2NO5S. The number of carboxylic acid groups (broad SMARTS) is 1. The van der Waals surface area contributed by atoms with Crippen LogP contribution in [0.2, 0.25) is 10.0 Å². The van der Waals surface area contributed by atoms with Crippen molar-refractivity contribution in [3.8, 4) is 0 Å². The fraction of sp³-hybridized carbons (Fsp3) is 0.500. The lowest BCUT2D eigenvalue weighted by atomic mass is 9.67. The average molecular weight is 567 g/mol. The Morgan fingerprint density at radius 2 is 1.81 bits per heavy atom. The number of sulfone groups is 1. The van der Waals surface area contributed by atoms with Gasteiger partial charge in [-0.1, -0.05) is 67.7 Å². The van der Waals surface area contributed by atoms with E-state index in [1.807, 2.05) is 25.1 Å². The number of nitrogens with one attached hydrogen (secondary N) is 1. The number of rotatable bonds is 9. The highest BCUT2D eigenvalue weighted by atomic mass is 35.5. The summed E-state index contributed by atoms with van der Waals surface area (Å²) in [5, 5.41) is 12.6. The molecule has 9 heteroatoms. The Morgan fingerprint density at radius 1 is 1.14 bits per heavy atom. The normalized spacial score (nSPS) is 26.1. The van der Waals surface area contributed by atoms with Gasteiger partial charge in [-0.3, -0.25) is 9.59 Å². The maximum absolute atomic E-state index is 13.7. The van der Waals surface area contributed by atoms with Gasteiger partial charge in [0.15, 0.2) is 9.84 Å². The molecule has 4 rings (SSSR count). The van der Waals surface area contributed by atoms with Crippen molar-refractivity contribution in [3.63, 3.8) is 0 Å². The van der Waals surface area contributed by atoms with Gasteiger partial charge in [0.25, 0.3) is 0 Å². The van der Waals surface area contributed by atoms with Crippen molar-refractivity contribution in [2.75, 3.05) is 0 Å². The molecule has 200 valence electrons. The molecular weight excluding hydrogens is 533 g/mol. The van der Waals surface area contributed by atoms with Crippen LogP contribution in [0.3, 0.4) is 0 Å². The number of piperidine rings is 1. The standard InChI is InChI=1S/C28H33Cl2NO5S/c1-17(13-24(18-9-11-20(29)12-10-18)37(35,36)22-7-4-8-22)26-23(19-5-3-6-21(30)14-19)15-28(2,16-25(32)33)27(34)31-26/h3,5-6,9-12,14,17,22-24,26H,4,7-8,13,15-16H2,1-2H3,(H,31,34)(H,32,33)/t17?,23-,24+,26+,28+/m1/s1. The number of amides is 1. The fourth-order valence-electron chi connectivity index (χ4n) is 5.77. The SMILES string of the molecule is CC(C[C@@H](c1ccc(Cl)cc1)S(=O)(=O)C1CCC1)[C@@H]1NC(=O)[C@](C)(CC(=O)O)C[C@@H]1c1cccc(Cl)c1. The number of carbonyl (C=O) groups excluding carboxylic acids is 1. The van der Waals surface area contributed by atoms with Crippen LogP contribution in [0.5, 0.6) is 0 Å². The topological polar surface area (TPSA) is 101 Å². The number of hydrogen-bond acceptors (Lipinski definition) is 4. The van der Waals surface area contributed by atoms with Gasteiger partial charge in [-0.2, -0.15) is 0 Å². The minimum atomic E-state index is -3.46. The van der Waals surface area contributed by atoms with Crippen molar-refractivity contribution in [1.29, 1.82) is 0 Å². The molecule has 2 aliphatic rings. The van der Waals surface area contributed by atoms with Crippen LogP contribution in [-0.2, 0) is 19.4 Å². The van der Waals surface area contributed by atoms with Gasteiger partial charge in [0, 0.05) is 22.0 Å². The summed E-state index contributed by atoms with van der Waals surface area (Å²) in [4.78, 5) is 24.8. The predicted molar refractivity (Wildman–Crippen MR) is 146 cm³/mol. The lowest BCUT2D eigenvalue weighted by molar-refractivity contribution is -0.147. The van der Waals surface area contributed by atoms with Crippen molar-refractivity contribution >= 4 is 44.9 Å². The maximum Gasteiger partial charge on any atom is 0.304 e. The second-order valence-corrected chi connectivity index (χ2v) is 14.2. The van der Waals surface area contributed by atoms with Crippen molar-refractivity contribution < 1.29 is 23.1 Å². The van der Waals surface area contributed by atoms with Gasteiger partial charge >= 0.3 is 5.97 Å². The smallest absolute Gasteiger partial charge is 0.304 e. The molecule has 2 aromatic rings. The summed E-state index contributed by atoms with van der Waals surface area (Å²) < 4.78 is 27.4. The van der Waals surface area contributed by atoms with Crippen molar-refractivity contribution in [1.82, 2.24) is 5.32 Å². The Morgan fingerprint density at radius 3 is 2.38 bits per heavy atom. The molecule has 1 saturated heterocycles. The summed E-state index contributed by atoms with van der Waals surface area (Å²) in [7, 11) is -3.46. The molecule has 2 N–H and O–H groups in total.